The second-order valence-electron chi connectivity index (χ2n) is 4.81. The first kappa shape index (κ1) is 11.9. The molecule has 88 valence electrons. The van der Waals surface area contributed by atoms with Crippen LogP contribution in [0.4, 0.5) is 5.82 Å². The second-order valence-corrected chi connectivity index (χ2v) is 5.67. The van der Waals surface area contributed by atoms with Gasteiger partial charge in [0.05, 0.1) is 5.69 Å². The van der Waals surface area contributed by atoms with Crippen LogP contribution < -0.4 is 5.32 Å². The first-order valence-electron chi connectivity index (χ1n) is 6.04. The Bertz CT molecular complexity index is 365. The Morgan fingerprint density at radius 1 is 1.44 bits per heavy atom. The molecule has 1 N–H and O–H groups in total. The molecule has 0 aromatic carbocycles. The number of pyridine rings is 1. The number of nitrogens with zero attached hydrogens (tertiary/aromatic N) is 1. The number of anilines is 1. The SMILES string of the molecule is Cc1nc(NCC2CCCC2C)ccc1Br. The molecule has 1 aromatic rings. The molecule has 0 aliphatic heterocycles. The summed E-state index contributed by atoms with van der Waals surface area (Å²) < 4.78 is 1.08. The number of aryl methyl sites for hydroxylation is 1. The molecular formula is C13H19BrN2. The van der Waals surface area contributed by atoms with E-state index in [-0.39, 0.29) is 0 Å². The average molecular weight is 283 g/mol. The molecule has 0 radical (unpaired) electrons. The molecular weight excluding hydrogens is 264 g/mol. The maximum absolute atomic E-state index is 4.50. The number of rotatable bonds is 3. The van der Waals surface area contributed by atoms with E-state index in [2.05, 4.69) is 39.2 Å². The largest absolute Gasteiger partial charge is 0.370 e. The molecule has 1 aliphatic rings. The van der Waals surface area contributed by atoms with Crippen molar-refractivity contribution in [1.29, 1.82) is 0 Å². The van der Waals surface area contributed by atoms with Crippen molar-refractivity contribution in [2.24, 2.45) is 11.8 Å². The fourth-order valence-corrected chi connectivity index (χ4v) is 2.62. The molecule has 2 rings (SSSR count). The van der Waals surface area contributed by atoms with Gasteiger partial charge in [-0.2, -0.15) is 0 Å². The topological polar surface area (TPSA) is 24.9 Å². The summed E-state index contributed by atoms with van der Waals surface area (Å²) in [7, 11) is 0. The van der Waals surface area contributed by atoms with E-state index < -0.39 is 0 Å². The molecule has 1 aliphatic carbocycles. The van der Waals surface area contributed by atoms with Crippen LogP contribution in [0.2, 0.25) is 0 Å². The van der Waals surface area contributed by atoms with Gasteiger partial charge in [-0.25, -0.2) is 4.98 Å². The molecule has 2 unspecified atom stereocenters. The van der Waals surface area contributed by atoms with Crippen molar-refractivity contribution in [3.8, 4) is 0 Å². The fraction of sp³-hybridized carbons (Fsp3) is 0.615. The summed E-state index contributed by atoms with van der Waals surface area (Å²) in [4.78, 5) is 4.50. The number of aromatic nitrogens is 1. The molecule has 3 heteroatoms. The molecule has 2 nitrogen and oxygen atoms in total. The third-order valence-electron chi connectivity index (χ3n) is 3.61. The van der Waals surface area contributed by atoms with Gasteiger partial charge in [-0.05, 0) is 53.2 Å². The van der Waals surface area contributed by atoms with Gasteiger partial charge in [-0.15, -0.1) is 0 Å². The van der Waals surface area contributed by atoms with Crippen LogP contribution >= 0.6 is 15.9 Å². The maximum atomic E-state index is 4.50. The Kier molecular flexibility index (Phi) is 3.85. The van der Waals surface area contributed by atoms with Gasteiger partial charge in [-0.1, -0.05) is 19.8 Å². The molecule has 2 atom stereocenters. The van der Waals surface area contributed by atoms with Crippen molar-refractivity contribution in [2.45, 2.75) is 33.1 Å². The first-order chi connectivity index (χ1) is 7.66. The maximum Gasteiger partial charge on any atom is 0.126 e. The van der Waals surface area contributed by atoms with Crippen molar-refractivity contribution in [1.82, 2.24) is 4.98 Å². The van der Waals surface area contributed by atoms with Crippen LogP contribution in [0.3, 0.4) is 0 Å². The average Bonchev–Trinajstić information content (AvgIpc) is 2.66. The summed E-state index contributed by atoms with van der Waals surface area (Å²) in [6, 6.07) is 4.10. The number of hydrogen-bond acceptors (Lipinski definition) is 2. The zero-order valence-electron chi connectivity index (χ0n) is 9.96. The number of halogens is 1. The monoisotopic (exact) mass is 282 g/mol. The quantitative estimate of drug-likeness (QED) is 0.907. The lowest BCUT2D eigenvalue weighted by Crippen LogP contribution is -2.17. The smallest absolute Gasteiger partial charge is 0.126 e. The summed E-state index contributed by atoms with van der Waals surface area (Å²) >= 11 is 3.47. The molecule has 16 heavy (non-hydrogen) atoms. The van der Waals surface area contributed by atoms with Crippen LogP contribution in [0.5, 0.6) is 0 Å². The van der Waals surface area contributed by atoms with Gasteiger partial charge in [-0.3, -0.25) is 0 Å². The molecule has 1 saturated carbocycles. The predicted molar refractivity (Wildman–Crippen MR) is 71.7 cm³/mol. The van der Waals surface area contributed by atoms with E-state index in [1.165, 1.54) is 19.3 Å². The minimum absolute atomic E-state index is 0.825. The zero-order valence-corrected chi connectivity index (χ0v) is 11.5. The summed E-state index contributed by atoms with van der Waals surface area (Å²) in [5.74, 6) is 2.69. The minimum atomic E-state index is 0.825. The van der Waals surface area contributed by atoms with Crippen LogP contribution in [-0.2, 0) is 0 Å². The molecule has 0 saturated heterocycles. The van der Waals surface area contributed by atoms with E-state index in [9.17, 15) is 0 Å². The highest BCUT2D eigenvalue weighted by atomic mass is 79.9. The lowest BCUT2D eigenvalue weighted by Gasteiger charge is -2.16. The molecule has 1 aromatic heterocycles. The molecule has 0 spiro atoms. The van der Waals surface area contributed by atoms with Crippen molar-refractivity contribution in [3.63, 3.8) is 0 Å². The Labute approximate surface area is 106 Å². The van der Waals surface area contributed by atoms with Gasteiger partial charge in [0.2, 0.25) is 0 Å². The van der Waals surface area contributed by atoms with Crippen LogP contribution in [0.1, 0.15) is 31.9 Å². The van der Waals surface area contributed by atoms with Gasteiger partial charge in [0.1, 0.15) is 5.82 Å². The third kappa shape index (κ3) is 2.76. The van der Waals surface area contributed by atoms with Gasteiger partial charge < -0.3 is 5.32 Å². The van der Waals surface area contributed by atoms with Crippen molar-refractivity contribution < 1.29 is 0 Å². The van der Waals surface area contributed by atoms with Crippen LogP contribution in [0, 0.1) is 18.8 Å². The standard InChI is InChI=1S/C13H19BrN2/c1-9-4-3-5-11(9)8-15-13-7-6-12(14)10(2)16-13/h6-7,9,11H,3-5,8H2,1-2H3,(H,15,16). The molecule has 1 heterocycles. The van der Waals surface area contributed by atoms with E-state index in [0.717, 1.165) is 34.4 Å². The summed E-state index contributed by atoms with van der Waals surface area (Å²) in [6.07, 6.45) is 4.14. The normalized spacial score (nSPS) is 24.7. The van der Waals surface area contributed by atoms with Crippen LogP contribution in [-0.4, -0.2) is 11.5 Å². The Morgan fingerprint density at radius 2 is 2.25 bits per heavy atom. The van der Waals surface area contributed by atoms with E-state index in [1.807, 2.05) is 13.0 Å². The molecule has 0 amide bonds. The Hall–Kier alpha value is -0.570. The van der Waals surface area contributed by atoms with Gasteiger partial charge in [0.15, 0.2) is 0 Å². The molecule has 0 bridgehead atoms. The van der Waals surface area contributed by atoms with Crippen molar-refractivity contribution in [3.05, 3.63) is 22.3 Å². The van der Waals surface area contributed by atoms with Crippen molar-refractivity contribution in [2.75, 3.05) is 11.9 Å². The highest BCUT2D eigenvalue weighted by molar-refractivity contribution is 9.10. The summed E-state index contributed by atoms with van der Waals surface area (Å²) in [5.41, 5.74) is 1.05. The van der Waals surface area contributed by atoms with E-state index >= 15 is 0 Å². The van der Waals surface area contributed by atoms with Crippen molar-refractivity contribution >= 4 is 21.7 Å². The Morgan fingerprint density at radius 3 is 2.88 bits per heavy atom. The second kappa shape index (κ2) is 5.17. The predicted octanol–water partition coefficient (Wildman–Crippen LogP) is 4.00. The summed E-state index contributed by atoms with van der Waals surface area (Å²) in [6.45, 7) is 5.45. The van der Waals surface area contributed by atoms with Gasteiger partial charge in [0, 0.05) is 11.0 Å². The highest BCUT2D eigenvalue weighted by Gasteiger charge is 2.22. The highest BCUT2D eigenvalue weighted by Crippen LogP contribution is 2.31. The molecule has 1 fully saturated rings. The lowest BCUT2D eigenvalue weighted by molar-refractivity contribution is 0.439. The lowest BCUT2D eigenvalue weighted by atomic mass is 9.98. The van der Waals surface area contributed by atoms with Crippen LogP contribution in [0.15, 0.2) is 16.6 Å². The van der Waals surface area contributed by atoms with E-state index in [4.69, 9.17) is 0 Å². The summed E-state index contributed by atoms with van der Waals surface area (Å²) in [5, 5.41) is 3.45. The van der Waals surface area contributed by atoms with Gasteiger partial charge >= 0.3 is 0 Å². The Balaban J connectivity index is 1.91. The van der Waals surface area contributed by atoms with E-state index in [1.54, 1.807) is 0 Å². The minimum Gasteiger partial charge on any atom is -0.370 e. The third-order valence-corrected chi connectivity index (χ3v) is 4.44. The number of hydrogen-bond donors (Lipinski definition) is 1. The van der Waals surface area contributed by atoms with E-state index in [0.29, 0.717) is 0 Å². The first-order valence-corrected chi connectivity index (χ1v) is 6.83. The van der Waals surface area contributed by atoms with Gasteiger partial charge in [0.25, 0.3) is 0 Å². The fourth-order valence-electron chi connectivity index (χ4n) is 2.40. The zero-order chi connectivity index (χ0) is 11.5. The van der Waals surface area contributed by atoms with Crippen LogP contribution in [0.25, 0.3) is 0 Å². The number of nitrogens with one attached hydrogen (secondary N) is 1.